The number of unbranched alkanes of at least 4 members (excludes halogenated alkanes) is 9. The molecule has 1 fully saturated rings. The summed E-state index contributed by atoms with van der Waals surface area (Å²) in [6, 6.07) is -0.507. The Morgan fingerprint density at radius 3 is 2.00 bits per heavy atom. The molecule has 0 bridgehead atoms. The van der Waals surface area contributed by atoms with Crippen molar-refractivity contribution in [3.8, 4) is 0 Å². The molecule has 0 aromatic rings. The lowest BCUT2D eigenvalue weighted by Crippen LogP contribution is -2.32. The van der Waals surface area contributed by atoms with E-state index >= 15 is 0 Å². The van der Waals surface area contributed by atoms with Crippen molar-refractivity contribution in [2.75, 3.05) is 0 Å². The van der Waals surface area contributed by atoms with E-state index in [0.29, 0.717) is 0 Å². The zero-order valence-corrected chi connectivity index (χ0v) is 17.8. The van der Waals surface area contributed by atoms with Crippen LogP contribution in [0, 0.1) is 11.8 Å². The fourth-order valence-corrected chi connectivity index (χ4v) is 3.94. The van der Waals surface area contributed by atoms with Gasteiger partial charge in [-0.05, 0) is 31.6 Å². The maximum Gasteiger partial charge on any atom is 0.322 e. The van der Waals surface area contributed by atoms with E-state index < -0.39 is 6.04 Å². The van der Waals surface area contributed by atoms with Gasteiger partial charge < -0.3 is 10.5 Å². The Hall–Kier alpha value is -0.505. The normalized spacial score (nSPS) is 21.3. The van der Waals surface area contributed by atoms with Gasteiger partial charge in [-0.2, -0.15) is 0 Å². The monoisotopic (exact) mass is 365 g/mol. The molecule has 1 aliphatic carbocycles. The third-order valence-corrected chi connectivity index (χ3v) is 5.87. The molecular weight excluding hydrogens is 321 g/mol. The number of carbonyl (C=O) groups is 1. The molecule has 26 heavy (non-hydrogen) atoms. The molecule has 0 radical (unpaired) electrons. The first-order valence-electron chi connectivity index (χ1n) is 11.5. The Kier molecular flexibility index (Phi) is 13.2. The molecule has 0 aromatic heterocycles. The summed E-state index contributed by atoms with van der Waals surface area (Å²) < 4.78 is 5.29. The van der Waals surface area contributed by atoms with E-state index in [-0.39, 0.29) is 12.0 Å². The second kappa shape index (κ2) is 14.5. The minimum Gasteiger partial charge on any atom is -0.471 e. The predicted molar refractivity (Wildman–Crippen MR) is 114 cm³/mol. The third-order valence-electron chi connectivity index (χ3n) is 5.87. The van der Waals surface area contributed by atoms with E-state index in [9.17, 15) is 4.79 Å². The number of nitrogens with two attached hydrogens (primary N) is 1. The molecular formula is C22H44BNO2. The number of esters is 1. The SMILES string of the molecule is BC(CCCCCCCC1CC1CCCCCCCC)OC(=O)C(C)N. The summed E-state index contributed by atoms with van der Waals surface area (Å²) in [6.45, 7) is 3.96. The van der Waals surface area contributed by atoms with Crippen LogP contribution in [0.2, 0.25) is 0 Å². The van der Waals surface area contributed by atoms with Gasteiger partial charge in [-0.25, -0.2) is 0 Å². The highest BCUT2D eigenvalue weighted by atomic mass is 16.5. The molecule has 0 aliphatic heterocycles. The first-order valence-corrected chi connectivity index (χ1v) is 11.5. The first kappa shape index (κ1) is 23.5. The molecule has 4 heteroatoms. The fourth-order valence-electron chi connectivity index (χ4n) is 3.94. The van der Waals surface area contributed by atoms with Crippen molar-refractivity contribution >= 4 is 13.8 Å². The van der Waals surface area contributed by atoms with Gasteiger partial charge in [0.1, 0.15) is 6.04 Å². The summed E-state index contributed by atoms with van der Waals surface area (Å²) in [5, 5.41) is 0. The van der Waals surface area contributed by atoms with Gasteiger partial charge in [0.15, 0.2) is 7.85 Å². The molecule has 0 heterocycles. The Morgan fingerprint density at radius 1 is 0.962 bits per heavy atom. The minimum absolute atomic E-state index is 0.00250. The summed E-state index contributed by atoms with van der Waals surface area (Å²) >= 11 is 0. The smallest absolute Gasteiger partial charge is 0.322 e. The topological polar surface area (TPSA) is 52.3 Å². The molecule has 1 aliphatic rings. The van der Waals surface area contributed by atoms with Gasteiger partial charge in [0, 0.05) is 0 Å². The van der Waals surface area contributed by atoms with Crippen molar-refractivity contribution in [3.63, 3.8) is 0 Å². The lowest BCUT2D eigenvalue weighted by atomic mass is 9.93. The highest BCUT2D eigenvalue weighted by Crippen LogP contribution is 2.45. The molecule has 152 valence electrons. The van der Waals surface area contributed by atoms with Gasteiger partial charge in [-0.15, -0.1) is 0 Å². The van der Waals surface area contributed by atoms with E-state index in [1.54, 1.807) is 6.92 Å². The van der Waals surface area contributed by atoms with Crippen molar-refractivity contribution < 1.29 is 9.53 Å². The standard InChI is InChI=1S/C22H44BNO2/c1-3-4-5-6-8-11-14-19-17-20(19)15-12-9-7-10-13-16-21(23)26-22(25)18(2)24/h18-21H,3-17,23-24H2,1-2H3. The average molecular weight is 365 g/mol. The Balaban J connectivity index is 1.82. The first-order chi connectivity index (χ1) is 12.5. The van der Waals surface area contributed by atoms with Crippen molar-refractivity contribution in [2.45, 2.75) is 122 Å². The molecule has 3 nitrogen and oxygen atoms in total. The van der Waals surface area contributed by atoms with Crippen LogP contribution < -0.4 is 5.73 Å². The van der Waals surface area contributed by atoms with Crippen LogP contribution in [0.15, 0.2) is 0 Å². The van der Waals surface area contributed by atoms with Crippen molar-refractivity contribution in [1.82, 2.24) is 0 Å². The van der Waals surface area contributed by atoms with Crippen molar-refractivity contribution in [2.24, 2.45) is 17.6 Å². The molecule has 1 saturated carbocycles. The minimum atomic E-state index is -0.509. The zero-order valence-electron chi connectivity index (χ0n) is 17.8. The third kappa shape index (κ3) is 12.0. The van der Waals surface area contributed by atoms with Gasteiger partial charge in [-0.3, -0.25) is 4.79 Å². The van der Waals surface area contributed by atoms with Crippen LogP contribution in [0.3, 0.4) is 0 Å². The molecule has 4 unspecified atom stereocenters. The van der Waals surface area contributed by atoms with Gasteiger partial charge in [0.05, 0.1) is 6.00 Å². The number of hydrogen-bond donors (Lipinski definition) is 1. The van der Waals surface area contributed by atoms with Crippen molar-refractivity contribution in [3.05, 3.63) is 0 Å². The van der Waals surface area contributed by atoms with Crippen LogP contribution in [0.5, 0.6) is 0 Å². The number of carbonyl (C=O) groups excluding carboxylic acids is 1. The van der Waals surface area contributed by atoms with E-state index in [1.807, 2.05) is 7.85 Å². The molecule has 0 aromatic carbocycles. The van der Waals surface area contributed by atoms with E-state index in [2.05, 4.69) is 6.92 Å². The van der Waals surface area contributed by atoms with Crippen LogP contribution in [0.25, 0.3) is 0 Å². The molecule has 1 rings (SSSR count). The summed E-state index contributed by atoms with van der Waals surface area (Å²) in [6.07, 6.45) is 20.5. The summed E-state index contributed by atoms with van der Waals surface area (Å²) in [5.74, 6) is 1.85. The molecule has 0 saturated heterocycles. The van der Waals surface area contributed by atoms with Crippen molar-refractivity contribution in [1.29, 1.82) is 0 Å². The highest BCUT2D eigenvalue weighted by Gasteiger charge is 2.34. The number of hydrogen-bond acceptors (Lipinski definition) is 3. The van der Waals surface area contributed by atoms with Gasteiger partial charge in [0.2, 0.25) is 0 Å². The molecule has 0 spiro atoms. The van der Waals surface area contributed by atoms with Gasteiger partial charge in [0.25, 0.3) is 0 Å². The average Bonchev–Trinajstić information content (AvgIpc) is 3.35. The van der Waals surface area contributed by atoms with Crippen LogP contribution >= 0.6 is 0 Å². The number of rotatable bonds is 17. The number of ether oxygens (including phenoxy) is 1. The molecule has 0 amide bonds. The Labute approximate surface area is 163 Å². The Bertz CT molecular complexity index is 362. The Morgan fingerprint density at radius 2 is 1.46 bits per heavy atom. The lowest BCUT2D eigenvalue weighted by molar-refractivity contribution is -0.146. The van der Waals surface area contributed by atoms with E-state index in [1.165, 1.54) is 83.5 Å². The predicted octanol–water partition coefficient (Wildman–Crippen LogP) is 4.95. The van der Waals surface area contributed by atoms with E-state index in [4.69, 9.17) is 10.5 Å². The maximum absolute atomic E-state index is 11.4. The fraction of sp³-hybridized carbons (Fsp3) is 0.955. The second-order valence-electron chi connectivity index (χ2n) is 8.69. The van der Waals surface area contributed by atoms with Crippen LogP contribution in [-0.4, -0.2) is 25.9 Å². The zero-order chi connectivity index (χ0) is 19.2. The van der Waals surface area contributed by atoms with Gasteiger partial charge >= 0.3 is 5.97 Å². The summed E-state index contributed by atoms with van der Waals surface area (Å²) in [7, 11) is 1.97. The molecule has 4 atom stereocenters. The summed E-state index contributed by atoms with van der Waals surface area (Å²) in [4.78, 5) is 11.4. The quantitative estimate of drug-likeness (QED) is 0.225. The highest BCUT2D eigenvalue weighted by molar-refractivity contribution is 6.11. The van der Waals surface area contributed by atoms with Crippen LogP contribution in [0.4, 0.5) is 0 Å². The second-order valence-corrected chi connectivity index (χ2v) is 8.69. The summed E-state index contributed by atoms with van der Waals surface area (Å²) in [5.41, 5.74) is 5.51. The molecule has 2 N–H and O–H groups in total. The van der Waals surface area contributed by atoms with Crippen LogP contribution in [0.1, 0.15) is 110 Å². The largest absolute Gasteiger partial charge is 0.471 e. The van der Waals surface area contributed by atoms with E-state index in [0.717, 1.165) is 24.7 Å². The lowest BCUT2D eigenvalue weighted by Gasteiger charge is -2.14. The maximum atomic E-state index is 11.4. The van der Waals surface area contributed by atoms with Gasteiger partial charge in [-0.1, -0.05) is 90.4 Å². The van der Waals surface area contributed by atoms with Crippen LogP contribution in [-0.2, 0) is 9.53 Å².